The molecule has 0 aromatic heterocycles. The molecule has 3 aliphatic heterocycles. The Balaban J connectivity index is 1.69. The molecule has 2 unspecified atom stereocenters. The number of carbonyl (C=O) groups excluding carboxylic acids is 3. The maximum Gasteiger partial charge on any atom is 0.245 e. The van der Waals surface area contributed by atoms with E-state index in [-0.39, 0.29) is 30.2 Å². The molecule has 8 heteroatoms. The third-order valence-electron chi connectivity index (χ3n) is 9.38. The lowest BCUT2D eigenvalue weighted by atomic mass is 9.65. The highest BCUT2D eigenvalue weighted by Gasteiger charge is 2.79. The molecule has 3 fully saturated rings. The van der Waals surface area contributed by atoms with E-state index in [9.17, 15) is 19.5 Å². The first-order valence-corrected chi connectivity index (χ1v) is 14.5. The minimum atomic E-state index is -1.07. The Morgan fingerprint density at radius 2 is 1.84 bits per heavy atom. The highest BCUT2D eigenvalue weighted by Crippen LogP contribution is 2.64. The number of likely N-dealkylation sites (tertiary alicyclic amines) is 1. The molecule has 38 heavy (non-hydrogen) atoms. The highest BCUT2D eigenvalue weighted by atomic mass is 16.5. The van der Waals surface area contributed by atoms with Gasteiger partial charge >= 0.3 is 0 Å². The summed E-state index contributed by atoms with van der Waals surface area (Å²) in [4.78, 5) is 43.5. The average Bonchev–Trinajstić information content (AvgIpc) is 3.54. The standard InChI is InChI=1S/C30H45N3O5/c1-5-8-12-17-31-27(36)25-30-16-15-29(7-3,38-30)23(26(35)32-18-21-13-10-9-11-14-21)24(30)28(37)33(25)22(19-34)20(4)6-2/h9-11,13-14,20,22-25,34H,5-8,12,15-19H2,1-4H3,(H,31,36)(H,32,35)/t20-,22-,23-,24-,25?,29+,30?/m0/s1. The molecule has 4 rings (SSSR count). The van der Waals surface area contributed by atoms with Crippen LogP contribution >= 0.6 is 0 Å². The second-order valence-electron chi connectivity index (χ2n) is 11.4. The normalized spacial score (nSPS) is 31.2. The molecule has 0 aliphatic carbocycles. The third-order valence-corrected chi connectivity index (χ3v) is 9.38. The van der Waals surface area contributed by atoms with Gasteiger partial charge in [0.25, 0.3) is 0 Å². The number of aliphatic hydroxyl groups is 1. The van der Waals surface area contributed by atoms with Crippen molar-refractivity contribution < 1.29 is 24.2 Å². The second-order valence-corrected chi connectivity index (χ2v) is 11.4. The molecular formula is C30H45N3O5. The van der Waals surface area contributed by atoms with E-state index in [0.29, 0.717) is 32.4 Å². The topological polar surface area (TPSA) is 108 Å². The van der Waals surface area contributed by atoms with Crippen molar-refractivity contribution in [3.8, 4) is 0 Å². The zero-order chi connectivity index (χ0) is 27.5. The van der Waals surface area contributed by atoms with Gasteiger partial charge in [-0.2, -0.15) is 0 Å². The molecule has 7 atom stereocenters. The summed E-state index contributed by atoms with van der Waals surface area (Å²) in [5.74, 6) is -2.14. The van der Waals surface area contributed by atoms with Crippen LogP contribution in [0.2, 0.25) is 0 Å². The Bertz CT molecular complexity index is 1000. The first-order valence-electron chi connectivity index (χ1n) is 14.5. The molecule has 3 aliphatic rings. The zero-order valence-electron chi connectivity index (χ0n) is 23.4. The number of nitrogens with one attached hydrogen (secondary N) is 2. The van der Waals surface area contributed by atoms with Crippen molar-refractivity contribution in [2.75, 3.05) is 13.2 Å². The predicted octanol–water partition coefficient (Wildman–Crippen LogP) is 3.17. The van der Waals surface area contributed by atoms with Gasteiger partial charge < -0.3 is 25.4 Å². The summed E-state index contributed by atoms with van der Waals surface area (Å²) in [6.45, 7) is 8.76. The van der Waals surface area contributed by atoms with Crippen LogP contribution in [0.1, 0.15) is 78.2 Å². The van der Waals surface area contributed by atoms with Gasteiger partial charge in [0, 0.05) is 13.1 Å². The number of nitrogens with zero attached hydrogens (tertiary/aromatic N) is 1. The molecule has 1 aromatic carbocycles. The number of aliphatic hydroxyl groups excluding tert-OH is 1. The number of benzene rings is 1. The van der Waals surface area contributed by atoms with Crippen molar-refractivity contribution in [2.45, 2.75) is 102 Å². The fraction of sp³-hybridized carbons (Fsp3) is 0.700. The van der Waals surface area contributed by atoms with Crippen molar-refractivity contribution in [2.24, 2.45) is 17.8 Å². The number of carbonyl (C=O) groups is 3. The van der Waals surface area contributed by atoms with Gasteiger partial charge in [-0.1, -0.05) is 77.3 Å². The van der Waals surface area contributed by atoms with Gasteiger partial charge in [-0.3, -0.25) is 14.4 Å². The molecule has 1 spiro atoms. The average molecular weight is 528 g/mol. The van der Waals surface area contributed by atoms with Crippen LogP contribution in [-0.4, -0.2) is 64.2 Å². The Hall–Kier alpha value is -2.45. The van der Waals surface area contributed by atoms with Gasteiger partial charge in [-0.05, 0) is 37.2 Å². The first kappa shape index (κ1) is 28.6. The van der Waals surface area contributed by atoms with E-state index in [4.69, 9.17) is 4.74 Å². The summed E-state index contributed by atoms with van der Waals surface area (Å²) < 4.78 is 6.81. The number of amides is 3. The third kappa shape index (κ3) is 4.75. The Morgan fingerprint density at radius 3 is 2.47 bits per heavy atom. The number of hydrogen-bond donors (Lipinski definition) is 3. The Kier molecular flexibility index (Phi) is 8.82. The maximum absolute atomic E-state index is 14.3. The summed E-state index contributed by atoms with van der Waals surface area (Å²) in [5, 5.41) is 16.5. The molecular weight excluding hydrogens is 482 g/mol. The maximum atomic E-state index is 14.3. The van der Waals surface area contributed by atoms with Gasteiger partial charge in [0.15, 0.2) is 0 Å². The number of hydrogen-bond acceptors (Lipinski definition) is 5. The summed E-state index contributed by atoms with van der Waals surface area (Å²) >= 11 is 0. The molecule has 1 aromatic rings. The van der Waals surface area contributed by atoms with E-state index < -0.39 is 35.1 Å². The molecule has 0 saturated carbocycles. The van der Waals surface area contributed by atoms with E-state index in [1.54, 1.807) is 4.90 Å². The van der Waals surface area contributed by atoms with Gasteiger partial charge in [0.05, 0.1) is 30.1 Å². The molecule has 8 nitrogen and oxygen atoms in total. The lowest BCUT2D eigenvalue weighted by Crippen LogP contribution is -2.59. The van der Waals surface area contributed by atoms with Crippen molar-refractivity contribution in [3.63, 3.8) is 0 Å². The summed E-state index contributed by atoms with van der Waals surface area (Å²) in [6, 6.07) is 8.30. The van der Waals surface area contributed by atoms with Crippen molar-refractivity contribution in [1.82, 2.24) is 15.5 Å². The van der Waals surface area contributed by atoms with Crippen LogP contribution in [0.4, 0.5) is 0 Å². The molecule has 3 N–H and O–H groups in total. The van der Waals surface area contributed by atoms with E-state index in [2.05, 4.69) is 17.6 Å². The lowest BCUT2D eigenvalue weighted by Gasteiger charge is -2.39. The quantitative estimate of drug-likeness (QED) is 0.342. The molecule has 3 heterocycles. The van der Waals surface area contributed by atoms with E-state index in [0.717, 1.165) is 31.2 Å². The van der Waals surface area contributed by atoms with Crippen molar-refractivity contribution >= 4 is 17.7 Å². The van der Waals surface area contributed by atoms with Crippen LogP contribution in [0.5, 0.6) is 0 Å². The monoisotopic (exact) mass is 527 g/mol. The van der Waals surface area contributed by atoms with Crippen LogP contribution in [0.25, 0.3) is 0 Å². The lowest BCUT2D eigenvalue weighted by molar-refractivity contribution is -0.152. The van der Waals surface area contributed by atoms with Gasteiger partial charge in [0.2, 0.25) is 17.7 Å². The number of unbranched alkanes of at least 4 members (excludes halogenated alkanes) is 2. The van der Waals surface area contributed by atoms with Crippen molar-refractivity contribution in [1.29, 1.82) is 0 Å². The first-order chi connectivity index (χ1) is 18.3. The number of rotatable bonds is 13. The molecule has 3 saturated heterocycles. The Labute approximate surface area is 226 Å². The SMILES string of the molecule is CCCCCNC(=O)C1N([C@@H](CO)[C@@H](C)CC)C(=O)[C@@H]2[C@@H](C(=O)NCc3ccccc3)[C@@]3(CC)CCC12O3. The Morgan fingerprint density at radius 1 is 1.11 bits per heavy atom. The predicted molar refractivity (Wildman–Crippen MR) is 145 cm³/mol. The fourth-order valence-corrected chi connectivity index (χ4v) is 7.10. The van der Waals surface area contributed by atoms with Crippen LogP contribution < -0.4 is 10.6 Å². The summed E-state index contributed by atoms with van der Waals surface area (Å²) in [5.41, 5.74) is -0.873. The van der Waals surface area contributed by atoms with Crippen LogP contribution in [0, 0.1) is 17.8 Å². The van der Waals surface area contributed by atoms with Gasteiger partial charge in [-0.15, -0.1) is 0 Å². The van der Waals surface area contributed by atoms with Crippen LogP contribution in [-0.2, 0) is 25.7 Å². The van der Waals surface area contributed by atoms with E-state index >= 15 is 0 Å². The number of fused-ring (bicyclic) bond motifs is 1. The van der Waals surface area contributed by atoms with E-state index in [1.807, 2.05) is 51.1 Å². The minimum absolute atomic E-state index is 0.0164. The molecule has 0 radical (unpaired) electrons. The fourth-order valence-electron chi connectivity index (χ4n) is 7.10. The zero-order valence-corrected chi connectivity index (χ0v) is 23.4. The smallest absolute Gasteiger partial charge is 0.245 e. The van der Waals surface area contributed by atoms with Crippen molar-refractivity contribution in [3.05, 3.63) is 35.9 Å². The molecule has 3 amide bonds. The minimum Gasteiger partial charge on any atom is -0.394 e. The van der Waals surface area contributed by atoms with Crippen LogP contribution in [0.15, 0.2) is 30.3 Å². The largest absolute Gasteiger partial charge is 0.394 e. The van der Waals surface area contributed by atoms with E-state index in [1.165, 1.54) is 0 Å². The second kappa shape index (κ2) is 11.7. The summed E-state index contributed by atoms with van der Waals surface area (Å²) in [7, 11) is 0. The number of ether oxygens (including phenoxy) is 1. The highest BCUT2D eigenvalue weighted by molar-refractivity contribution is 5.99. The van der Waals surface area contributed by atoms with Gasteiger partial charge in [-0.25, -0.2) is 0 Å². The van der Waals surface area contributed by atoms with Gasteiger partial charge in [0.1, 0.15) is 11.6 Å². The van der Waals surface area contributed by atoms with Crippen LogP contribution in [0.3, 0.4) is 0 Å². The molecule has 2 bridgehead atoms. The molecule has 210 valence electrons. The summed E-state index contributed by atoms with van der Waals surface area (Å²) in [6.07, 6.45) is 5.41.